The van der Waals surface area contributed by atoms with Crippen LogP contribution in [0.4, 0.5) is 23.0 Å². The number of hydrogen-bond acceptors (Lipinski definition) is 7. The normalized spacial score (nSPS) is 11.2. The lowest BCUT2D eigenvalue weighted by molar-refractivity contribution is -0.111. The number of carbonyl (C=O) groups is 2. The van der Waals surface area contributed by atoms with Gasteiger partial charge in [0.15, 0.2) is 0 Å². The molecule has 206 valence electrons. The lowest BCUT2D eigenvalue weighted by Crippen LogP contribution is -2.14. The molecule has 0 bridgehead atoms. The van der Waals surface area contributed by atoms with Gasteiger partial charge in [0, 0.05) is 58.6 Å². The first-order chi connectivity index (χ1) is 19.8. The Morgan fingerprint density at radius 3 is 2.56 bits per heavy atom. The van der Waals surface area contributed by atoms with Gasteiger partial charge in [0.1, 0.15) is 5.65 Å². The number of fused-ring (bicyclic) bond motifs is 1. The van der Waals surface area contributed by atoms with Crippen LogP contribution in [0.5, 0.6) is 0 Å². The van der Waals surface area contributed by atoms with E-state index in [1.54, 1.807) is 67.0 Å². The van der Waals surface area contributed by atoms with Crippen molar-refractivity contribution in [2.24, 2.45) is 0 Å². The average Bonchev–Trinajstić information content (AvgIpc) is 3.43. The maximum atomic E-state index is 12.8. The van der Waals surface area contributed by atoms with Crippen molar-refractivity contribution in [3.05, 3.63) is 102 Å². The fourth-order valence-electron chi connectivity index (χ4n) is 3.96. The highest BCUT2D eigenvalue weighted by Gasteiger charge is 2.11. The van der Waals surface area contributed by atoms with Crippen LogP contribution in [0, 0.1) is 0 Å². The predicted molar refractivity (Wildman–Crippen MR) is 163 cm³/mol. The molecule has 3 aromatic heterocycles. The molecular weight excluding hydrogens is 540 g/mol. The average molecular weight is 567 g/mol. The summed E-state index contributed by atoms with van der Waals surface area (Å²) in [6, 6.07) is 17.8. The molecule has 0 unspecified atom stereocenters. The zero-order valence-electron chi connectivity index (χ0n) is 22.4. The number of benzene rings is 2. The fourth-order valence-corrected chi connectivity index (χ4v) is 4.16. The number of anilines is 4. The summed E-state index contributed by atoms with van der Waals surface area (Å²) in [5.74, 6) is -0.197. The van der Waals surface area contributed by atoms with Crippen LogP contribution in [-0.4, -0.2) is 57.3 Å². The largest absolute Gasteiger partial charge is 0.346 e. The second-order valence-electron chi connectivity index (χ2n) is 9.42. The summed E-state index contributed by atoms with van der Waals surface area (Å²) in [4.78, 5) is 43.3. The van der Waals surface area contributed by atoms with Gasteiger partial charge < -0.3 is 25.8 Å². The van der Waals surface area contributed by atoms with Gasteiger partial charge in [0.2, 0.25) is 11.9 Å². The smallest absolute Gasteiger partial charge is 0.255 e. The quantitative estimate of drug-likeness (QED) is 0.168. The molecule has 5 aromatic rings. The second kappa shape index (κ2) is 12.4. The first kappa shape index (κ1) is 27.5. The molecule has 0 aliphatic heterocycles. The SMILES string of the molecule is CN(C)CC=CC(=O)Nc1cccc(C(=O)Nc2ccc(Nc3ncc(Cl)c(-c4cnc5[nH]ccc5c4)n3)cc2)c1. The predicted octanol–water partition coefficient (Wildman–Crippen LogP) is 5.73. The van der Waals surface area contributed by atoms with Crippen molar-refractivity contribution in [1.82, 2.24) is 24.8 Å². The minimum Gasteiger partial charge on any atom is -0.346 e. The number of aromatic nitrogens is 4. The number of H-pyrrole nitrogens is 1. The molecule has 0 saturated heterocycles. The molecule has 5 rings (SSSR count). The van der Waals surface area contributed by atoms with Crippen LogP contribution in [-0.2, 0) is 4.79 Å². The van der Waals surface area contributed by atoms with Gasteiger partial charge in [-0.05, 0) is 68.7 Å². The number of nitrogens with one attached hydrogen (secondary N) is 4. The molecular formula is C30H27ClN8O2. The summed E-state index contributed by atoms with van der Waals surface area (Å²) in [5.41, 5.74) is 4.39. The Balaban J connectivity index is 1.22. The van der Waals surface area contributed by atoms with Gasteiger partial charge in [-0.2, -0.15) is 0 Å². The highest BCUT2D eigenvalue weighted by molar-refractivity contribution is 6.33. The molecule has 0 spiro atoms. The maximum Gasteiger partial charge on any atom is 0.255 e. The van der Waals surface area contributed by atoms with Crippen LogP contribution >= 0.6 is 11.6 Å². The van der Waals surface area contributed by atoms with Crippen molar-refractivity contribution in [2.45, 2.75) is 0 Å². The Morgan fingerprint density at radius 2 is 1.76 bits per heavy atom. The van der Waals surface area contributed by atoms with Gasteiger partial charge in [0.25, 0.3) is 5.91 Å². The molecule has 0 aliphatic carbocycles. The van der Waals surface area contributed by atoms with Crippen molar-refractivity contribution in [2.75, 3.05) is 36.6 Å². The lowest BCUT2D eigenvalue weighted by atomic mass is 10.1. The number of likely N-dealkylation sites (N-methyl/N-ethyl adjacent to an activating group) is 1. The number of halogens is 1. The van der Waals surface area contributed by atoms with E-state index in [1.807, 2.05) is 37.3 Å². The first-order valence-corrected chi connectivity index (χ1v) is 13.1. The van der Waals surface area contributed by atoms with E-state index in [-0.39, 0.29) is 11.8 Å². The third-order valence-electron chi connectivity index (χ3n) is 5.95. The van der Waals surface area contributed by atoms with E-state index in [2.05, 4.69) is 35.9 Å². The first-order valence-electron chi connectivity index (χ1n) is 12.7. The summed E-state index contributed by atoms with van der Waals surface area (Å²) in [7, 11) is 3.84. The number of aromatic amines is 1. The Bertz CT molecular complexity index is 1730. The molecule has 0 saturated carbocycles. The third kappa shape index (κ3) is 7.13. The molecule has 3 heterocycles. The van der Waals surface area contributed by atoms with E-state index >= 15 is 0 Å². The summed E-state index contributed by atoms with van der Waals surface area (Å²) in [6.45, 7) is 0.654. The van der Waals surface area contributed by atoms with Crippen molar-refractivity contribution >= 4 is 57.5 Å². The molecule has 0 fully saturated rings. The number of nitrogens with zero attached hydrogens (tertiary/aromatic N) is 4. The van der Waals surface area contributed by atoms with Gasteiger partial charge in [-0.25, -0.2) is 15.0 Å². The van der Waals surface area contributed by atoms with Crippen LogP contribution in [0.3, 0.4) is 0 Å². The molecule has 2 aromatic carbocycles. The van der Waals surface area contributed by atoms with Crippen LogP contribution in [0.25, 0.3) is 22.3 Å². The number of hydrogen-bond donors (Lipinski definition) is 4. The van der Waals surface area contributed by atoms with E-state index in [4.69, 9.17) is 11.6 Å². The maximum absolute atomic E-state index is 12.8. The zero-order valence-corrected chi connectivity index (χ0v) is 23.1. The second-order valence-corrected chi connectivity index (χ2v) is 9.83. The third-order valence-corrected chi connectivity index (χ3v) is 6.23. The summed E-state index contributed by atoms with van der Waals surface area (Å²) in [5, 5.41) is 10.2. The monoisotopic (exact) mass is 566 g/mol. The molecule has 0 aliphatic rings. The molecule has 41 heavy (non-hydrogen) atoms. The van der Waals surface area contributed by atoms with Crippen LogP contribution in [0.1, 0.15) is 10.4 Å². The molecule has 4 N–H and O–H groups in total. The number of pyridine rings is 1. The van der Waals surface area contributed by atoms with Gasteiger partial charge in [-0.3, -0.25) is 9.59 Å². The van der Waals surface area contributed by atoms with E-state index in [0.717, 1.165) is 22.3 Å². The molecule has 2 amide bonds. The fraction of sp³-hybridized carbons (Fsp3) is 0.100. The summed E-state index contributed by atoms with van der Waals surface area (Å²) in [6.07, 6.45) is 8.31. The van der Waals surface area contributed by atoms with Crippen LogP contribution in [0.15, 0.2) is 91.4 Å². The van der Waals surface area contributed by atoms with Crippen molar-refractivity contribution in [3.63, 3.8) is 0 Å². The van der Waals surface area contributed by atoms with Gasteiger partial charge in [-0.1, -0.05) is 23.7 Å². The Hall–Kier alpha value is -5.06. The van der Waals surface area contributed by atoms with E-state index < -0.39 is 0 Å². The van der Waals surface area contributed by atoms with Crippen LogP contribution in [0.2, 0.25) is 5.02 Å². The highest BCUT2D eigenvalue weighted by Crippen LogP contribution is 2.28. The summed E-state index contributed by atoms with van der Waals surface area (Å²) < 4.78 is 0. The molecule has 0 radical (unpaired) electrons. The van der Waals surface area contributed by atoms with Crippen LogP contribution < -0.4 is 16.0 Å². The Kier molecular flexibility index (Phi) is 8.33. The van der Waals surface area contributed by atoms with Gasteiger partial charge in [-0.15, -0.1) is 0 Å². The van der Waals surface area contributed by atoms with Gasteiger partial charge >= 0.3 is 0 Å². The van der Waals surface area contributed by atoms with Crippen molar-refractivity contribution < 1.29 is 9.59 Å². The van der Waals surface area contributed by atoms with Crippen molar-refractivity contribution in [1.29, 1.82) is 0 Å². The van der Waals surface area contributed by atoms with Crippen molar-refractivity contribution in [3.8, 4) is 11.3 Å². The minimum atomic E-state index is -0.302. The Morgan fingerprint density at radius 1 is 0.951 bits per heavy atom. The highest BCUT2D eigenvalue weighted by atomic mass is 35.5. The molecule has 10 nitrogen and oxygen atoms in total. The topological polar surface area (TPSA) is 128 Å². The molecule has 11 heteroatoms. The molecule has 0 atom stereocenters. The zero-order chi connectivity index (χ0) is 28.8. The van der Waals surface area contributed by atoms with E-state index in [1.165, 1.54) is 6.08 Å². The number of carbonyl (C=O) groups excluding carboxylic acids is 2. The standard InChI is InChI=1S/C30H27ClN8O2/c1-39(2)14-4-7-26(40)35-24-6-3-5-20(16-24)29(41)36-22-8-10-23(11-9-22)37-30-34-18-25(31)27(38-30)21-15-19-12-13-32-28(19)33-17-21/h3-13,15-18H,14H2,1-2H3,(H,32,33)(H,35,40)(H,36,41)(H,34,37,38). The van der Waals surface area contributed by atoms with Gasteiger partial charge in [0.05, 0.1) is 16.9 Å². The lowest BCUT2D eigenvalue weighted by Gasteiger charge is -2.10. The summed E-state index contributed by atoms with van der Waals surface area (Å²) >= 11 is 6.39. The van der Waals surface area contributed by atoms with E-state index in [0.29, 0.717) is 40.1 Å². The van der Waals surface area contributed by atoms with E-state index in [9.17, 15) is 9.59 Å². The Labute approximate surface area is 241 Å². The minimum absolute atomic E-state index is 0.261. The number of amides is 2. The number of rotatable bonds is 9.